The van der Waals surface area contributed by atoms with Crippen molar-refractivity contribution in [2.24, 2.45) is 28.1 Å². The number of carboxylic acid groups (broad SMARTS) is 1. The number of guanidine groups is 1. The van der Waals surface area contributed by atoms with Gasteiger partial charge < -0.3 is 43.4 Å². The molecule has 1 aromatic rings. The second-order valence-electron chi connectivity index (χ2n) is 8.76. The minimum atomic E-state index is -1.24. The Morgan fingerprint density at radius 2 is 1.59 bits per heavy atom. The Morgan fingerprint density at radius 1 is 0.973 bits per heavy atom. The van der Waals surface area contributed by atoms with Gasteiger partial charge in [-0.05, 0) is 24.3 Å². The minimum absolute atomic E-state index is 0.0742. The van der Waals surface area contributed by atoms with Gasteiger partial charge in [-0.2, -0.15) is 0 Å². The predicted molar refractivity (Wildman–Crippen MR) is 138 cm³/mol. The summed E-state index contributed by atoms with van der Waals surface area (Å²) < 4.78 is 0. The second-order valence-corrected chi connectivity index (χ2v) is 8.76. The first-order valence-electron chi connectivity index (χ1n) is 12.1. The number of amides is 3. The third kappa shape index (κ3) is 11.3. The lowest BCUT2D eigenvalue weighted by Crippen LogP contribution is -2.59. The number of hydrogen-bond acceptors (Lipinski definition) is 7. The molecule has 0 aliphatic rings. The molecule has 37 heavy (non-hydrogen) atoms. The lowest BCUT2D eigenvalue weighted by molar-refractivity contribution is -0.143. The Bertz CT molecular complexity index is 923. The fourth-order valence-corrected chi connectivity index (χ4v) is 3.40. The molecule has 0 saturated carbocycles. The molecule has 0 fully saturated rings. The van der Waals surface area contributed by atoms with E-state index in [0.29, 0.717) is 12.8 Å². The molecule has 0 aliphatic carbocycles. The van der Waals surface area contributed by atoms with E-state index in [9.17, 15) is 29.4 Å². The van der Waals surface area contributed by atoms with Crippen molar-refractivity contribution >= 4 is 29.7 Å². The monoisotopic (exact) mass is 521 g/mol. The summed E-state index contributed by atoms with van der Waals surface area (Å²) in [5, 5.41) is 26.4. The SMILES string of the molecule is CCC(C)C(NC(=O)C(Cc1ccccc1)NC(=O)C(N)CO)C(=O)NC(CCCN=C(N)N)C(=O)O. The maximum Gasteiger partial charge on any atom is 0.326 e. The first kappa shape index (κ1) is 31.3. The summed E-state index contributed by atoms with van der Waals surface area (Å²) in [7, 11) is 0. The molecular formula is C24H39N7O6. The van der Waals surface area contributed by atoms with Crippen molar-refractivity contribution in [3.63, 3.8) is 0 Å². The van der Waals surface area contributed by atoms with Gasteiger partial charge >= 0.3 is 5.97 Å². The van der Waals surface area contributed by atoms with E-state index < -0.39 is 54.5 Å². The molecule has 0 aliphatic heterocycles. The fourth-order valence-electron chi connectivity index (χ4n) is 3.40. The number of aliphatic carboxylic acids is 1. The summed E-state index contributed by atoms with van der Waals surface area (Å²) in [4.78, 5) is 54.2. The maximum absolute atomic E-state index is 13.3. The highest BCUT2D eigenvalue weighted by atomic mass is 16.4. The highest BCUT2D eigenvalue weighted by Crippen LogP contribution is 2.11. The average molecular weight is 522 g/mol. The van der Waals surface area contributed by atoms with Crippen LogP contribution in [0.4, 0.5) is 0 Å². The normalized spacial score (nSPS) is 14.8. The quantitative estimate of drug-likeness (QED) is 0.0694. The van der Waals surface area contributed by atoms with E-state index in [1.165, 1.54) is 0 Å². The molecule has 0 spiro atoms. The molecule has 13 heteroatoms. The van der Waals surface area contributed by atoms with E-state index in [4.69, 9.17) is 17.2 Å². The maximum atomic E-state index is 13.3. The lowest BCUT2D eigenvalue weighted by atomic mass is 9.96. The van der Waals surface area contributed by atoms with Crippen LogP contribution in [0.3, 0.4) is 0 Å². The Balaban J connectivity index is 3.04. The van der Waals surface area contributed by atoms with Crippen molar-refractivity contribution in [2.45, 2.75) is 63.7 Å². The van der Waals surface area contributed by atoms with Crippen molar-refractivity contribution in [2.75, 3.05) is 13.2 Å². The van der Waals surface area contributed by atoms with Gasteiger partial charge in [0.1, 0.15) is 24.2 Å². The van der Waals surface area contributed by atoms with Gasteiger partial charge in [-0.15, -0.1) is 0 Å². The van der Waals surface area contributed by atoms with Crippen LogP contribution in [0.25, 0.3) is 0 Å². The van der Waals surface area contributed by atoms with Crippen molar-refractivity contribution < 1.29 is 29.4 Å². The van der Waals surface area contributed by atoms with Gasteiger partial charge in [0.2, 0.25) is 17.7 Å². The van der Waals surface area contributed by atoms with Gasteiger partial charge in [0.15, 0.2) is 5.96 Å². The van der Waals surface area contributed by atoms with Gasteiger partial charge in [-0.3, -0.25) is 19.4 Å². The number of aliphatic imine (C=N–C) groups is 1. The largest absolute Gasteiger partial charge is 0.480 e. The summed E-state index contributed by atoms with van der Waals surface area (Å²) in [5.41, 5.74) is 16.9. The zero-order chi connectivity index (χ0) is 28.0. The van der Waals surface area contributed by atoms with E-state index in [1.807, 2.05) is 6.92 Å². The Hall–Kier alpha value is -3.71. The molecule has 1 rings (SSSR count). The fraction of sp³-hybridized carbons (Fsp3) is 0.542. The summed E-state index contributed by atoms with van der Waals surface area (Å²) in [6.07, 6.45) is 0.996. The van der Waals surface area contributed by atoms with Gasteiger partial charge in [0.25, 0.3) is 0 Å². The molecular weight excluding hydrogens is 482 g/mol. The minimum Gasteiger partial charge on any atom is -0.480 e. The van der Waals surface area contributed by atoms with Gasteiger partial charge in [0, 0.05) is 13.0 Å². The molecule has 0 heterocycles. The highest BCUT2D eigenvalue weighted by molar-refractivity contribution is 5.94. The van der Waals surface area contributed by atoms with E-state index in [-0.39, 0.29) is 31.3 Å². The number of nitrogens with two attached hydrogens (primary N) is 3. The van der Waals surface area contributed by atoms with E-state index in [2.05, 4.69) is 20.9 Å². The van der Waals surface area contributed by atoms with Crippen LogP contribution in [0.5, 0.6) is 0 Å². The third-order valence-electron chi connectivity index (χ3n) is 5.80. The highest BCUT2D eigenvalue weighted by Gasteiger charge is 2.32. The molecule has 5 unspecified atom stereocenters. The van der Waals surface area contributed by atoms with Crippen LogP contribution in [0.15, 0.2) is 35.3 Å². The molecule has 206 valence electrons. The Kier molecular flexibility index (Phi) is 13.6. The molecule has 0 radical (unpaired) electrons. The molecule has 11 N–H and O–H groups in total. The predicted octanol–water partition coefficient (Wildman–Crippen LogP) is -1.81. The van der Waals surface area contributed by atoms with Crippen molar-refractivity contribution in [3.8, 4) is 0 Å². The number of aliphatic hydroxyl groups is 1. The molecule has 0 aromatic heterocycles. The first-order chi connectivity index (χ1) is 17.5. The van der Waals surface area contributed by atoms with Crippen molar-refractivity contribution in [3.05, 3.63) is 35.9 Å². The number of nitrogens with zero attached hydrogens (tertiary/aromatic N) is 1. The summed E-state index contributed by atoms with van der Waals surface area (Å²) in [6, 6.07) is 4.30. The molecule has 1 aromatic carbocycles. The van der Waals surface area contributed by atoms with E-state index >= 15 is 0 Å². The Morgan fingerprint density at radius 3 is 2.14 bits per heavy atom. The zero-order valence-electron chi connectivity index (χ0n) is 21.2. The standard InChI is InChI=1S/C24H39N7O6/c1-3-14(2)19(22(35)29-17(23(36)37)10-7-11-28-24(26)27)31-21(34)18(30-20(33)16(25)13-32)12-15-8-5-4-6-9-15/h4-6,8-9,14,16-19,32H,3,7,10-13,25H2,1-2H3,(H,29,35)(H,30,33)(H,31,34)(H,36,37)(H4,26,27,28). The van der Waals surface area contributed by atoms with Crippen LogP contribution in [0, 0.1) is 5.92 Å². The topological polar surface area (TPSA) is 235 Å². The van der Waals surface area contributed by atoms with Crippen molar-refractivity contribution in [1.29, 1.82) is 0 Å². The molecule has 0 bridgehead atoms. The lowest BCUT2D eigenvalue weighted by Gasteiger charge is -2.28. The number of benzene rings is 1. The number of aliphatic hydroxyl groups excluding tert-OH is 1. The van der Waals surface area contributed by atoms with Crippen LogP contribution in [-0.2, 0) is 25.6 Å². The average Bonchev–Trinajstić information content (AvgIpc) is 2.87. The smallest absolute Gasteiger partial charge is 0.326 e. The van der Waals surface area contributed by atoms with Gasteiger partial charge in [0.05, 0.1) is 6.61 Å². The van der Waals surface area contributed by atoms with Crippen LogP contribution in [0.1, 0.15) is 38.7 Å². The Labute approximate surface area is 216 Å². The van der Waals surface area contributed by atoms with Crippen molar-refractivity contribution in [1.82, 2.24) is 16.0 Å². The molecule has 13 nitrogen and oxygen atoms in total. The summed E-state index contributed by atoms with van der Waals surface area (Å²) in [5.74, 6) is -3.76. The summed E-state index contributed by atoms with van der Waals surface area (Å²) >= 11 is 0. The van der Waals surface area contributed by atoms with Crippen LogP contribution >= 0.6 is 0 Å². The van der Waals surface area contributed by atoms with Gasteiger partial charge in [-0.25, -0.2) is 4.79 Å². The van der Waals surface area contributed by atoms with E-state index in [0.717, 1.165) is 5.56 Å². The number of carboxylic acids is 1. The second kappa shape index (κ2) is 16.1. The number of carbonyl (C=O) groups is 4. The number of nitrogens with one attached hydrogen (secondary N) is 3. The molecule has 5 atom stereocenters. The number of rotatable bonds is 16. The van der Waals surface area contributed by atoms with Crippen LogP contribution < -0.4 is 33.2 Å². The summed E-state index contributed by atoms with van der Waals surface area (Å²) in [6.45, 7) is 3.16. The molecule has 3 amide bonds. The first-order valence-corrected chi connectivity index (χ1v) is 12.1. The molecule has 0 saturated heterocycles. The zero-order valence-corrected chi connectivity index (χ0v) is 21.2. The number of hydrogen-bond donors (Lipinski definition) is 8. The third-order valence-corrected chi connectivity index (χ3v) is 5.80. The van der Waals surface area contributed by atoms with Gasteiger partial charge in [-0.1, -0.05) is 50.6 Å². The van der Waals surface area contributed by atoms with Crippen LogP contribution in [-0.4, -0.2) is 77.2 Å². The number of carbonyl (C=O) groups excluding carboxylic acids is 3. The van der Waals surface area contributed by atoms with Crippen LogP contribution in [0.2, 0.25) is 0 Å². The van der Waals surface area contributed by atoms with E-state index in [1.54, 1.807) is 37.3 Å².